The number of hydrogen-bond donors (Lipinski definition) is 2. The van der Waals surface area contributed by atoms with Gasteiger partial charge in [-0.3, -0.25) is 0 Å². The number of hydrogen-bond acceptors (Lipinski definition) is 5. The van der Waals surface area contributed by atoms with Crippen LogP contribution < -0.4 is 10.2 Å². The Labute approximate surface area is 114 Å². The van der Waals surface area contributed by atoms with Crippen molar-refractivity contribution in [3.05, 3.63) is 12.4 Å². The van der Waals surface area contributed by atoms with Crippen molar-refractivity contribution in [2.24, 2.45) is 5.92 Å². The standard InChI is InChI=1S/C14H22N4O/c19-9-11-4-6-18(7-5-11)14-8-13(15-10-16-14)17-12-2-1-3-12/h8,10-12,19H,1-7,9H2,(H,15,16,17). The highest BCUT2D eigenvalue weighted by Crippen LogP contribution is 2.25. The molecule has 1 aliphatic heterocycles. The predicted molar refractivity (Wildman–Crippen MR) is 75.3 cm³/mol. The molecule has 0 aromatic carbocycles. The first-order chi connectivity index (χ1) is 9.35. The lowest BCUT2D eigenvalue weighted by molar-refractivity contribution is 0.203. The maximum atomic E-state index is 9.17. The Bertz CT molecular complexity index is 414. The monoisotopic (exact) mass is 262 g/mol. The number of aliphatic hydroxyl groups excluding tert-OH is 1. The van der Waals surface area contributed by atoms with Gasteiger partial charge in [0.25, 0.3) is 0 Å². The summed E-state index contributed by atoms with van der Waals surface area (Å²) in [4.78, 5) is 11.0. The molecule has 1 saturated heterocycles. The summed E-state index contributed by atoms with van der Waals surface area (Å²) in [6.07, 6.45) is 7.57. The molecule has 5 nitrogen and oxygen atoms in total. The summed E-state index contributed by atoms with van der Waals surface area (Å²) in [7, 11) is 0. The lowest BCUT2D eigenvalue weighted by atomic mass is 9.93. The molecule has 0 amide bonds. The van der Waals surface area contributed by atoms with E-state index < -0.39 is 0 Å². The summed E-state index contributed by atoms with van der Waals surface area (Å²) in [5, 5.41) is 12.6. The third kappa shape index (κ3) is 2.97. The second kappa shape index (κ2) is 5.74. The molecule has 1 aromatic rings. The average molecular weight is 262 g/mol. The zero-order valence-corrected chi connectivity index (χ0v) is 11.3. The zero-order valence-electron chi connectivity index (χ0n) is 11.3. The minimum atomic E-state index is 0.312. The summed E-state index contributed by atoms with van der Waals surface area (Å²) in [6.45, 7) is 2.27. The SMILES string of the molecule is OCC1CCN(c2cc(NC3CCC3)ncn2)CC1. The summed E-state index contributed by atoms with van der Waals surface area (Å²) in [5.41, 5.74) is 0. The van der Waals surface area contributed by atoms with Crippen molar-refractivity contribution in [3.8, 4) is 0 Å². The molecule has 19 heavy (non-hydrogen) atoms. The van der Waals surface area contributed by atoms with Crippen LogP contribution in [0.4, 0.5) is 11.6 Å². The van der Waals surface area contributed by atoms with Crippen LogP contribution in [0.1, 0.15) is 32.1 Å². The van der Waals surface area contributed by atoms with E-state index >= 15 is 0 Å². The molecule has 2 fully saturated rings. The number of aromatic nitrogens is 2. The molecule has 1 aliphatic carbocycles. The lowest BCUT2D eigenvalue weighted by Gasteiger charge is -2.32. The highest BCUT2D eigenvalue weighted by atomic mass is 16.3. The van der Waals surface area contributed by atoms with Crippen LogP contribution in [0, 0.1) is 5.92 Å². The van der Waals surface area contributed by atoms with Crippen LogP contribution in [0.3, 0.4) is 0 Å². The number of nitrogens with one attached hydrogen (secondary N) is 1. The minimum absolute atomic E-state index is 0.312. The van der Waals surface area contributed by atoms with E-state index in [9.17, 15) is 5.11 Å². The van der Waals surface area contributed by atoms with Crippen molar-refractivity contribution in [1.82, 2.24) is 9.97 Å². The Morgan fingerprint density at radius 1 is 1.21 bits per heavy atom. The van der Waals surface area contributed by atoms with Crippen LogP contribution >= 0.6 is 0 Å². The number of aliphatic hydroxyl groups is 1. The van der Waals surface area contributed by atoms with Crippen LogP contribution in [0.5, 0.6) is 0 Å². The quantitative estimate of drug-likeness (QED) is 0.864. The average Bonchev–Trinajstić information content (AvgIpc) is 2.43. The van der Waals surface area contributed by atoms with Gasteiger partial charge in [-0.1, -0.05) is 0 Å². The van der Waals surface area contributed by atoms with Gasteiger partial charge in [-0.25, -0.2) is 9.97 Å². The molecule has 0 radical (unpaired) electrons. The van der Waals surface area contributed by atoms with E-state index in [1.54, 1.807) is 6.33 Å². The van der Waals surface area contributed by atoms with E-state index in [2.05, 4.69) is 26.3 Å². The van der Waals surface area contributed by atoms with Crippen LogP contribution in [0.15, 0.2) is 12.4 Å². The molecule has 2 heterocycles. The number of rotatable bonds is 4. The van der Waals surface area contributed by atoms with Crippen molar-refractivity contribution >= 4 is 11.6 Å². The maximum Gasteiger partial charge on any atom is 0.134 e. The summed E-state index contributed by atoms with van der Waals surface area (Å²) in [5.74, 6) is 2.41. The van der Waals surface area contributed by atoms with Gasteiger partial charge in [0.1, 0.15) is 18.0 Å². The van der Waals surface area contributed by atoms with Gasteiger partial charge in [0.15, 0.2) is 0 Å². The number of piperidine rings is 1. The molecule has 3 rings (SSSR count). The molecule has 104 valence electrons. The van der Waals surface area contributed by atoms with Gasteiger partial charge >= 0.3 is 0 Å². The van der Waals surface area contributed by atoms with E-state index in [1.807, 2.05) is 0 Å². The molecule has 2 aliphatic rings. The van der Waals surface area contributed by atoms with Gasteiger partial charge in [-0.15, -0.1) is 0 Å². The van der Waals surface area contributed by atoms with Crippen molar-refractivity contribution in [2.75, 3.05) is 29.9 Å². The van der Waals surface area contributed by atoms with Crippen LogP contribution in [0.25, 0.3) is 0 Å². The molecule has 0 spiro atoms. The molecule has 5 heteroatoms. The fourth-order valence-corrected chi connectivity index (χ4v) is 2.71. The van der Waals surface area contributed by atoms with Gasteiger partial charge in [-0.2, -0.15) is 0 Å². The van der Waals surface area contributed by atoms with Gasteiger partial charge in [0, 0.05) is 31.8 Å². The van der Waals surface area contributed by atoms with Gasteiger partial charge in [0.05, 0.1) is 0 Å². The Hall–Kier alpha value is -1.36. The Kier molecular flexibility index (Phi) is 3.82. The fraction of sp³-hybridized carbons (Fsp3) is 0.714. The van der Waals surface area contributed by atoms with Crippen LogP contribution in [-0.4, -0.2) is 40.8 Å². The van der Waals surface area contributed by atoms with Crippen molar-refractivity contribution < 1.29 is 5.11 Å². The largest absolute Gasteiger partial charge is 0.396 e. The first kappa shape index (κ1) is 12.7. The molecule has 0 bridgehead atoms. The van der Waals surface area contributed by atoms with Gasteiger partial charge in [-0.05, 0) is 38.0 Å². The summed E-state index contributed by atoms with van der Waals surface area (Å²) in [6, 6.07) is 2.65. The fourth-order valence-electron chi connectivity index (χ4n) is 2.71. The van der Waals surface area contributed by atoms with Crippen molar-refractivity contribution in [1.29, 1.82) is 0 Å². The predicted octanol–water partition coefficient (Wildman–Crippen LogP) is 1.65. The molecule has 0 unspecified atom stereocenters. The van der Waals surface area contributed by atoms with Crippen molar-refractivity contribution in [2.45, 2.75) is 38.1 Å². The van der Waals surface area contributed by atoms with E-state index in [0.29, 0.717) is 18.6 Å². The van der Waals surface area contributed by atoms with E-state index in [4.69, 9.17) is 0 Å². The van der Waals surface area contributed by atoms with Crippen LogP contribution in [0.2, 0.25) is 0 Å². The number of anilines is 2. The molecule has 0 atom stereocenters. The molecular formula is C14H22N4O. The zero-order chi connectivity index (χ0) is 13.1. The Morgan fingerprint density at radius 3 is 2.63 bits per heavy atom. The molecule has 1 aromatic heterocycles. The highest BCUT2D eigenvalue weighted by Gasteiger charge is 2.21. The maximum absolute atomic E-state index is 9.17. The third-order valence-corrected chi connectivity index (χ3v) is 4.31. The summed E-state index contributed by atoms with van der Waals surface area (Å²) >= 11 is 0. The topological polar surface area (TPSA) is 61.3 Å². The van der Waals surface area contributed by atoms with E-state index in [1.165, 1.54) is 19.3 Å². The second-order valence-electron chi connectivity index (χ2n) is 5.65. The normalized spacial score (nSPS) is 21.2. The smallest absolute Gasteiger partial charge is 0.134 e. The third-order valence-electron chi connectivity index (χ3n) is 4.31. The second-order valence-corrected chi connectivity index (χ2v) is 5.65. The first-order valence-electron chi connectivity index (χ1n) is 7.29. The van der Waals surface area contributed by atoms with E-state index in [0.717, 1.165) is 37.6 Å². The van der Waals surface area contributed by atoms with Gasteiger partial charge in [0.2, 0.25) is 0 Å². The lowest BCUT2D eigenvalue weighted by Crippen LogP contribution is -2.35. The van der Waals surface area contributed by atoms with Crippen LogP contribution in [-0.2, 0) is 0 Å². The first-order valence-corrected chi connectivity index (χ1v) is 7.29. The van der Waals surface area contributed by atoms with Crippen molar-refractivity contribution in [3.63, 3.8) is 0 Å². The molecular weight excluding hydrogens is 240 g/mol. The summed E-state index contributed by atoms with van der Waals surface area (Å²) < 4.78 is 0. The number of nitrogens with zero attached hydrogens (tertiary/aromatic N) is 3. The van der Waals surface area contributed by atoms with E-state index in [-0.39, 0.29) is 0 Å². The van der Waals surface area contributed by atoms with Gasteiger partial charge < -0.3 is 15.3 Å². The Morgan fingerprint density at radius 2 is 2.00 bits per heavy atom. The minimum Gasteiger partial charge on any atom is -0.396 e. The molecule has 1 saturated carbocycles. The highest BCUT2D eigenvalue weighted by molar-refractivity contribution is 5.49. The Balaban J connectivity index is 1.62. The molecule has 2 N–H and O–H groups in total.